The SMILES string of the molecule is C=C(C)[C@@H]1CC[C@@](C)(O[C@@H]2O[C@H](CO)[C@@H](O)[C@H](O)[C@@H]2O)[C@@H]2CC[C@H](C)[C@@H]2C1. The largest absolute Gasteiger partial charge is 0.394 e. The van der Waals surface area contributed by atoms with Crippen LogP contribution in [0, 0.1) is 23.7 Å². The van der Waals surface area contributed by atoms with Gasteiger partial charge < -0.3 is 29.9 Å². The van der Waals surface area contributed by atoms with Crippen LogP contribution in [0.15, 0.2) is 12.2 Å². The predicted molar refractivity (Wildman–Crippen MR) is 101 cm³/mol. The first-order valence-electron chi connectivity index (χ1n) is 10.3. The van der Waals surface area contributed by atoms with Crippen LogP contribution in [-0.2, 0) is 9.47 Å². The van der Waals surface area contributed by atoms with E-state index < -0.39 is 42.9 Å². The average molecular weight is 385 g/mol. The van der Waals surface area contributed by atoms with E-state index in [1.165, 1.54) is 5.57 Å². The zero-order valence-electron chi connectivity index (χ0n) is 16.8. The molecule has 0 aromatic rings. The first-order chi connectivity index (χ1) is 12.7. The van der Waals surface area contributed by atoms with Crippen LogP contribution in [0.2, 0.25) is 0 Å². The van der Waals surface area contributed by atoms with E-state index in [4.69, 9.17) is 9.47 Å². The average Bonchev–Trinajstić information content (AvgIpc) is 2.92. The number of rotatable bonds is 4. The molecule has 0 aromatic carbocycles. The van der Waals surface area contributed by atoms with Crippen molar-refractivity contribution in [1.82, 2.24) is 0 Å². The summed E-state index contributed by atoms with van der Waals surface area (Å²) < 4.78 is 12.0. The lowest BCUT2D eigenvalue weighted by Gasteiger charge is -2.46. The lowest BCUT2D eigenvalue weighted by atomic mass is 9.77. The second kappa shape index (κ2) is 8.09. The highest BCUT2D eigenvalue weighted by Crippen LogP contribution is 2.53. The van der Waals surface area contributed by atoms with Crippen molar-refractivity contribution >= 4 is 0 Å². The number of allylic oxidation sites excluding steroid dienone is 1. The number of ether oxygens (including phenoxy) is 2. The molecule has 1 saturated heterocycles. The van der Waals surface area contributed by atoms with Gasteiger partial charge in [-0.15, -0.1) is 0 Å². The maximum atomic E-state index is 10.4. The van der Waals surface area contributed by atoms with E-state index in [1.54, 1.807) is 0 Å². The van der Waals surface area contributed by atoms with Crippen LogP contribution in [0.5, 0.6) is 0 Å². The molecule has 6 nitrogen and oxygen atoms in total. The van der Waals surface area contributed by atoms with Gasteiger partial charge in [0.2, 0.25) is 0 Å². The van der Waals surface area contributed by atoms with Crippen LogP contribution >= 0.6 is 0 Å². The minimum Gasteiger partial charge on any atom is -0.394 e. The highest BCUT2D eigenvalue weighted by atomic mass is 16.7. The topological polar surface area (TPSA) is 99.4 Å². The van der Waals surface area contributed by atoms with Gasteiger partial charge in [0.15, 0.2) is 6.29 Å². The van der Waals surface area contributed by atoms with Gasteiger partial charge >= 0.3 is 0 Å². The van der Waals surface area contributed by atoms with Crippen LogP contribution in [0.4, 0.5) is 0 Å². The summed E-state index contributed by atoms with van der Waals surface area (Å²) in [4.78, 5) is 0. The third-order valence-corrected chi connectivity index (χ3v) is 7.44. The molecule has 3 aliphatic rings. The minimum atomic E-state index is -1.41. The summed E-state index contributed by atoms with van der Waals surface area (Å²) in [6.07, 6.45) is -0.972. The molecule has 0 bridgehead atoms. The Labute approximate surface area is 162 Å². The van der Waals surface area contributed by atoms with Crippen LogP contribution in [0.25, 0.3) is 0 Å². The third-order valence-electron chi connectivity index (χ3n) is 7.44. The van der Waals surface area contributed by atoms with Gasteiger partial charge in [-0.05, 0) is 63.2 Å². The van der Waals surface area contributed by atoms with Gasteiger partial charge in [0.05, 0.1) is 12.2 Å². The summed E-state index contributed by atoms with van der Waals surface area (Å²) in [7, 11) is 0. The Morgan fingerprint density at radius 1 is 1.15 bits per heavy atom. The van der Waals surface area contributed by atoms with E-state index in [0.717, 1.165) is 32.1 Å². The van der Waals surface area contributed by atoms with Gasteiger partial charge in [-0.3, -0.25) is 0 Å². The molecular weight excluding hydrogens is 348 g/mol. The number of hydrogen-bond acceptors (Lipinski definition) is 6. The highest BCUT2D eigenvalue weighted by molar-refractivity contribution is 5.05. The standard InChI is InChI=1S/C21H36O6/c1-11(2)13-7-8-21(4,15-6-5-12(3)14(15)9-13)27-20-19(25)18(24)17(23)16(10-22)26-20/h12-20,22-25H,1,5-10H2,2-4H3/t12-,13+,14-,15+,16+,17+,18-,19-,20-,21+/m0/s1. The molecule has 0 spiro atoms. The van der Waals surface area contributed by atoms with E-state index >= 15 is 0 Å². The highest BCUT2D eigenvalue weighted by Gasteiger charge is 2.52. The van der Waals surface area contributed by atoms with Crippen LogP contribution < -0.4 is 0 Å². The quantitative estimate of drug-likeness (QED) is 0.550. The van der Waals surface area contributed by atoms with E-state index in [2.05, 4.69) is 27.4 Å². The molecule has 0 amide bonds. The Morgan fingerprint density at radius 2 is 1.85 bits per heavy atom. The molecule has 0 radical (unpaired) electrons. The molecule has 2 saturated carbocycles. The van der Waals surface area contributed by atoms with Gasteiger partial charge in [0.25, 0.3) is 0 Å². The number of fused-ring (bicyclic) bond motifs is 1. The van der Waals surface area contributed by atoms with Gasteiger partial charge in [-0.25, -0.2) is 0 Å². The van der Waals surface area contributed by atoms with Gasteiger partial charge in [-0.1, -0.05) is 25.5 Å². The van der Waals surface area contributed by atoms with Gasteiger partial charge in [-0.2, -0.15) is 0 Å². The normalized spacial score (nSPS) is 50.9. The fourth-order valence-corrected chi connectivity index (χ4v) is 5.54. The minimum absolute atomic E-state index is 0.351. The maximum Gasteiger partial charge on any atom is 0.187 e. The van der Waals surface area contributed by atoms with Crippen LogP contribution in [0.3, 0.4) is 0 Å². The molecule has 1 aliphatic heterocycles. The number of aliphatic hydroxyl groups is 4. The lowest BCUT2D eigenvalue weighted by Crippen LogP contribution is -2.61. The van der Waals surface area contributed by atoms with E-state index in [1.807, 2.05) is 0 Å². The summed E-state index contributed by atoms with van der Waals surface area (Å²) in [6.45, 7) is 10.2. The van der Waals surface area contributed by atoms with Crippen molar-refractivity contribution < 1.29 is 29.9 Å². The van der Waals surface area contributed by atoms with Crippen molar-refractivity contribution in [2.45, 2.75) is 89.2 Å². The molecule has 3 fully saturated rings. The van der Waals surface area contributed by atoms with Crippen LogP contribution in [0.1, 0.15) is 52.9 Å². The van der Waals surface area contributed by atoms with Gasteiger partial charge in [0.1, 0.15) is 24.4 Å². The molecule has 0 aromatic heterocycles. The Balaban J connectivity index is 1.82. The van der Waals surface area contributed by atoms with E-state index in [0.29, 0.717) is 23.7 Å². The fourth-order valence-electron chi connectivity index (χ4n) is 5.54. The van der Waals surface area contributed by atoms with Gasteiger partial charge in [0, 0.05) is 0 Å². The molecule has 27 heavy (non-hydrogen) atoms. The Kier molecular flexibility index (Phi) is 6.36. The van der Waals surface area contributed by atoms with Crippen LogP contribution in [-0.4, -0.2) is 63.3 Å². The molecule has 3 rings (SSSR count). The van der Waals surface area contributed by atoms with Crippen molar-refractivity contribution in [3.05, 3.63) is 12.2 Å². The summed E-state index contributed by atoms with van der Waals surface area (Å²) in [5.41, 5.74) is 0.720. The third kappa shape index (κ3) is 3.98. The predicted octanol–water partition coefficient (Wildman–Crippen LogP) is 1.60. The molecule has 10 atom stereocenters. The van der Waals surface area contributed by atoms with Crippen molar-refractivity contribution in [3.8, 4) is 0 Å². The van der Waals surface area contributed by atoms with Crippen molar-refractivity contribution in [2.24, 2.45) is 23.7 Å². The van der Waals surface area contributed by atoms with Crippen molar-refractivity contribution in [1.29, 1.82) is 0 Å². The molecule has 1 heterocycles. The lowest BCUT2D eigenvalue weighted by molar-refractivity contribution is -0.332. The monoisotopic (exact) mass is 384 g/mol. The van der Waals surface area contributed by atoms with E-state index in [-0.39, 0.29) is 0 Å². The van der Waals surface area contributed by atoms with Crippen molar-refractivity contribution in [2.75, 3.05) is 6.61 Å². The summed E-state index contributed by atoms with van der Waals surface area (Å²) in [5.74, 6) is 1.97. The summed E-state index contributed by atoms with van der Waals surface area (Å²) in [6, 6.07) is 0. The molecule has 0 unspecified atom stereocenters. The second-order valence-corrected chi connectivity index (χ2v) is 9.27. The first-order valence-corrected chi connectivity index (χ1v) is 10.3. The molecule has 2 aliphatic carbocycles. The zero-order valence-corrected chi connectivity index (χ0v) is 16.8. The maximum absolute atomic E-state index is 10.4. The summed E-state index contributed by atoms with van der Waals surface area (Å²) >= 11 is 0. The smallest absolute Gasteiger partial charge is 0.187 e. The van der Waals surface area contributed by atoms with Crippen molar-refractivity contribution in [3.63, 3.8) is 0 Å². The Bertz CT molecular complexity index is 537. The summed E-state index contributed by atoms with van der Waals surface area (Å²) in [5, 5.41) is 40.0. The zero-order chi connectivity index (χ0) is 19.9. The number of hydrogen-bond donors (Lipinski definition) is 4. The van der Waals surface area contributed by atoms with E-state index in [9.17, 15) is 20.4 Å². The Hall–Kier alpha value is -0.500. The molecule has 6 heteroatoms. The fraction of sp³-hybridized carbons (Fsp3) is 0.905. The Morgan fingerprint density at radius 3 is 2.48 bits per heavy atom. The number of aliphatic hydroxyl groups excluding tert-OH is 4. The molecule has 4 N–H and O–H groups in total. The second-order valence-electron chi connectivity index (χ2n) is 9.27. The molecule has 156 valence electrons. The molecular formula is C21H36O6. The first kappa shape index (κ1) is 21.2.